The average molecular weight is 159 g/mol. The van der Waals surface area contributed by atoms with E-state index < -0.39 is 5.50 Å². The molecule has 0 aliphatic rings. The van der Waals surface area contributed by atoms with E-state index in [9.17, 15) is 0 Å². The van der Waals surface area contributed by atoms with Gasteiger partial charge < -0.3 is 5.21 Å². The Balaban J connectivity index is 2.75. The highest BCUT2D eigenvalue weighted by Gasteiger charge is 2.04. The molecule has 54 valence electrons. The van der Waals surface area contributed by atoms with Gasteiger partial charge in [-0.2, -0.15) is 5.48 Å². The number of hydroxylamine groups is 1. The number of alkyl halides is 1. The van der Waals surface area contributed by atoms with Gasteiger partial charge in [-0.15, -0.1) is 0 Å². The van der Waals surface area contributed by atoms with Crippen LogP contribution < -0.4 is 5.48 Å². The van der Waals surface area contributed by atoms with E-state index in [4.69, 9.17) is 16.8 Å². The molecule has 0 radical (unpaired) electrons. The van der Waals surface area contributed by atoms with Gasteiger partial charge >= 0.3 is 0 Å². The molecular formula is C6H7ClN2O. The van der Waals surface area contributed by atoms with E-state index in [1.807, 2.05) is 5.48 Å². The summed E-state index contributed by atoms with van der Waals surface area (Å²) in [7, 11) is 0. The van der Waals surface area contributed by atoms with Crippen molar-refractivity contribution in [3.8, 4) is 0 Å². The number of hydrogen-bond donors (Lipinski definition) is 2. The van der Waals surface area contributed by atoms with Crippen molar-refractivity contribution >= 4 is 11.6 Å². The highest BCUT2D eigenvalue weighted by atomic mass is 35.5. The quantitative estimate of drug-likeness (QED) is 0.388. The monoisotopic (exact) mass is 158 g/mol. The Morgan fingerprint density at radius 2 is 2.40 bits per heavy atom. The molecular weight excluding hydrogens is 152 g/mol. The topological polar surface area (TPSA) is 45.1 Å². The van der Waals surface area contributed by atoms with Crippen LogP contribution in [-0.2, 0) is 0 Å². The Kier molecular flexibility index (Phi) is 2.62. The Morgan fingerprint density at radius 1 is 1.60 bits per heavy atom. The summed E-state index contributed by atoms with van der Waals surface area (Å²) >= 11 is 5.57. The number of hydrogen-bond acceptors (Lipinski definition) is 3. The maximum Gasteiger partial charge on any atom is 0.147 e. The maximum atomic E-state index is 8.37. The van der Waals surface area contributed by atoms with Gasteiger partial charge in [-0.05, 0) is 12.1 Å². The van der Waals surface area contributed by atoms with Gasteiger partial charge in [0.2, 0.25) is 0 Å². The van der Waals surface area contributed by atoms with Gasteiger partial charge in [0, 0.05) is 6.20 Å². The lowest BCUT2D eigenvalue weighted by Crippen LogP contribution is -2.11. The molecule has 0 saturated heterocycles. The average Bonchev–Trinajstić information content (AvgIpc) is 2.05. The van der Waals surface area contributed by atoms with Gasteiger partial charge in [0.05, 0.1) is 5.69 Å². The Bertz CT molecular complexity index is 192. The fourth-order valence-corrected chi connectivity index (χ4v) is 0.721. The molecule has 0 spiro atoms. The van der Waals surface area contributed by atoms with Crippen molar-refractivity contribution < 1.29 is 5.21 Å². The van der Waals surface area contributed by atoms with Gasteiger partial charge in [-0.1, -0.05) is 17.7 Å². The molecule has 10 heavy (non-hydrogen) atoms. The summed E-state index contributed by atoms with van der Waals surface area (Å²) in [6.07, 6.45) is 1.61. The Morgan fingerprint density at radius 3 is 2.90 bits per heavy atom. The fourth-order valence-electron chi connectivity index (χ4n) is 0.592. The van der Waals surface area contributed by atoms with Gasteiger partial charge in [-0.25, -0.2) is 0 Å². The molecule has 1 aromatic rings. The van der Waals surface area contributed by atoms with Crippen LogP contribution in [-0.4, -0.2) is 10.2 Å². The predicted molar refractivity (Wildman–Crippen MR) is 37.8 cm³/mol. The number of pyridine rings is 1. The van der Waals surface area contributed by atoms with Crippen molar-refractivity contribution in [2.45, 2.75) is 5.50 Å². The first-order valence-corrected chi connectivity index (χ1v) is 3.23. The zero-order chi connectivity index (χ0) is 7.40. The van der Waals surface area contributed by atoms with Crippen molar-refractivity contribution in [1.82, 2.24) is 10.5 Å². The molecule has 0 aliphatic heterocycles. The minimum absolute atomic E-state index is 0.603. The van der Waals surface area contributed by atoms with Crippen molar-refractivity contribution in [2.75, 3.05) is 0 Å². The van der Waals surface area contributed by atoms with Gasteiger partial charge in [-0.3, -0.25) is 4.98 Å². The van der Waals surface area contributed by atoms with Crippen molar-refractivity contribution in [1.29, 1.82) is 0 Å². The van der Waals surface area contributed by atoms with E-state index >= 15 is 0 Å². The highest BCUT2D eigenvalue weighted by molar-refractivity contribution is 6.20. The van der Waals surface area contributed by atoms with Crippen LogP contribution in [0.2, 0.25) is 0 Å². The lowest BCUT2D eigenvalue weighted by atomic mass is 10.3. The second kappa shape index (κ2) is 3.51. The fraction of sp³-hybridized carbons (Fsp3) is 0.167. The third-order valence-corrected chi connectivity index (χ3v) is 1.38. The van der Waals surface area contributed by atoms with Crippen LogP contribution in [0.5, 0.6) is 0 Å². The highest BCUT2D eigenvalue weighted by Crippen LogP contribution is 2.11. The third-order valence-electron chi connectivity index (χ3n) is 1.06. The normalized spacial score (nSPS) is 13.0. The minimum atomic E-state index is -0.624. The number of rotatable bonds is 2. The molecule has 1 atom stereocenters. The van der Waals surface area contributed by atoms with Crippen molar-refractivity contribution in [3.63, 3.8) is 0 Å². The van der Waals surface area contributed by atoms with Crippen LogP contribution in [0.4, 0.5) is 0 Å². The minimum Gasteiger partial charge on any atom is -0.315 e. The lowest BCUT2D eigenvalue weighted by molar-refractivity contribution is 0.154. The number of nitrogens with one attached hydrogen (secondary N) is 1. The van der Waals surface area contributed by atoms with Crippen molar-refractivity contribution in [3.05, 3.63) is 30.1 Å². The molecule has 0 aliphatic carbocycles. The van der Waals surface area contributed by atoms with Crippen LogP contribution in [0.25, 0.3) is 0 Å². The molecule has 3 nitrogen and oxygen atoms in total. The molecule has 1 heterocycles. The first-order valence-electron chi connectivity index (χ1n) is 2.79. The van der Waals surface area contributed by atoms with Gasteiger partial charge in [0.1, 0.15) is 5.50 Å². The van der Waals surface area contributed by atoms with E-state index in [1.165, 1.54) is 0 Å². The molecule has 4 heteroatoms. The standard InChI is InChI=1S/C6H7ClN2O/c7-6(9-10)5-3-1-2-4-8-5/h1-4,6,9-10H. The molecule has 0 fully saturated rings. The van der Waals surface area contributed by atoms with Crippen LogP contribution in [0.3, 0.4) is 0 Å². The summed E-state index contributed by atoms with van der Waals surface area (Å²) in [4.78, 5) is 3.90. The second-order valence-electron chi connectivity index (χ2n) is 1.75. The zero-order valence-corrected chi connectivity index (χ0v) is 5.92. The SMILES string of the molecule is ONC(Cl)c1ccccn1. The molecule has 2 N–H and O–H groups in total. The largest absolute Gasteiger partial charge is 0.315 e. The van der Waals surface area contributed by atoms with Crippen LogP contribution in [0, 0.1) is 0 Å². The molecule has 0 aromatic carbocycles. The van der Waals surface area contributed by atoms with E-state index in [2.05, 4.69) is 4.98 Å². The van der Waals surface area contributed by atoms with E-state index in [-0.39, 0.29) is 0 Å². The molecule has 0 amide bonds. The van der Waals surface area contributed by atoms with E-state index in [1.54, 1.807) is 24.4 Å². The maximum absolute atomic E-state index is 8.37. The molecule has 0 bridgehead atoms. The van der Waals surface area contributed by atoms with E-state index in [0.717, 1.165) is 0 Å². The molecule has 1 aromatic heterocycles. The number of aromatic nitrogens is 1. The summed E-state index contributed by atoms with van der Waals surface area (Å²) in [6.45, 7) is 0. The number of nitrogens with zero attached hydrogens (tertiary/aromatic N) is 1. The summed E-state index contributed by atoms with van der Waals surface area (Å²) in [6, 6.07) is 5.31. The second-order valence-corrected chi connectivity index (χ2v) is 2.18. The van der Waals surface area contributed by atoms with Gasteiger partial charge in [0.15, 0.2) is 0 Å². The summed E-state index contributed by atoms with van der Waals surface area (Å²) in [5.74, 6) is 0. The first kappa shape index (κ1) is 7.47. The molecule has 0 saturated carbocycles. The number of halogens is 1. The van der Waals surface area contributed by atoms with E-state index in [0.29, 0.717) is 5.69 Å². The zero-order valence-electron chi connectivity index (χ0n) is 5.16. The van der Waals surface area contributed by atoms with Crippen LogP contribution in [0.15, 0.2) is 24.4 Å². The Labute approximate surface area is 63.6 Å². The van der Waals surface area contributed by atoms with Crippen LogP contribution >= 0.6 is 11.6 Å². The molecule has 1 rings (SSSR count). The Hall–Kier alpha value is -0.640. The predicted octanol–water partition coefficient (Wildman–Crippen LogP) is 1.30. The van der Waals surface area contributed by atoms with Crippen LogP contribution in [0.1, 0.15) is 11.2 Å². The lowest BCUT2D eigenvalue weighted by Gasteiger charge is -2.03. The van der Waals surface area contributed by atoms with Gasteiger partial charge in [0.25, 0.3) is 0 Å². The summed E-state index contributed by atoms with van der Waals surface area (Å²) in [5.41, 5.74) is 1.86. The smallest absolute Gasteiger partial charge is 0.147 e. The molecule has 1 unspecified atom stereocenters. The summed E-state index contributed by atoms with van der Waals surface area (Å²) < 4.78 is 0. The first-order chi connectivity index (χ1) is 4.84. The van der Waals surface area contributed by atoms with Crippen molar-refractivity contribution in [2.24, 2.45) is 0 Å². The summed E-state index contributed by atoms with van der Waals surface area (Å²) in [5, 5.41) is 8.37. The third kappa shape index (κ3) is 1.67.